The van der Waals surface area contributed by atoms with Gasteiger partial charge < -0.3 is 10.6 Å². The van der Waals surface area contributed by atoms with Crippen LogP contribution in [0.5, 0.6) is 0 Å². The molecule has 0 unspecified atom stereocenters. The molecule has 128 valence electrons. The zero-order valence-electron chi connectivity index (χ0n) is 14.3. The second kappa shape index (κ2) is 8.30. The molecular formula is C17H22N4OS2. The first kappa shape index (κ1) is 18.5. The van der Waals surface area contributed by atoms with Crippen molar-refractivity contribution in [3.05, 3.63) is 41.5 Å². The fourth-order valence-corrected chi connectivity index (χ4v) is 4.20. The SMILES string of the molecule is C=CCNc1nnc(S[C@H](C)C(=O)Nc2c(C)cc(C)cc2C)s1. The Balaban J connectivity index is 2.00. The van der Waals surface area contributed by atoms with Crippen LogP contribution in [-0.4, -0.2) is 27.9 Å². The fraction of sp³-hybridized carbons (Fsp3) is 0.353. The second-order valence-corrected chi connectivity index (χ2v) is 8.13. The number of rotatable bonds is 7. The normalized spacial score (nSPS) is 11.8. The Labute approximate surface area is 151 Å². The Hall–Kier alpha value is -1.86. The molecule has 0 aliphatic rings. The van der Waals surface area contributed by atoms with Crippen LogP contribution in [0.2, 0.25) is 0 Å². The van der Waals surface area contributed by atoms with Gasteiger partial charge >= 0.3 is 0 Å². The summed E-state index contributed by atoms with van der Waals surface area (Å²) in [6.45, 7) is 12.2. The van der Waals surface area contributed by atoms with Crippen LogP contribution in [0.4, 0.5) is 10.8 Å². The summed E-state index contributed by atoms with van der Waals surface area (Å²) in [5, 5.41) is 14.7. The van der Waals surface area contributed by atoms with Crippen LogP contribution >= 0.6 is 23.1 Å². The Morgan fingerprint density at radius 1 is 1.33 bits per heavy atom. The zero-order valence-corrected chi connectivity index (χ0v) is 16.0. The van der Waals surface area contributed by atoms with E-state index in [2.05, 4.69) is 46.5 Å². The van der Waals surface area contributed by atoms with Gasteiger partial charge in [-0.05, 0) is 38.8 Å². The van der Waals surface area contributed by atoms with Crippen LogP contribution in [0, 0.1) is 20.8 Å². The summed E-state index contributed by atoms with van der Waals surface area (Å²) in [6.07, 6.45) is 1.76. The van der Waals surface area contributed by atoms with Crippen molar-refractivity contribution < 1.29 is 4.79 Å². The number of nitrogens with zero attached hydrogens (tertiary/aromatic N) is 2. The molecule has 0 fully saturated rings. The third-order valence-electron chi connectivity index (χ3n) is 3.38. The fourth-order valence-electron chi connectivity index (χ4n) is 2.30. The molecule has 0 spiro atoms. The van der Waals surface area contributed by atoms with Gasteiger partial charge in [0.2, 0.25) is 11.0 Å². The minimum absolute atomic E-state index is 0.0362. The number of thioether (sulfide) groups is 1. The molecule has 1 heterocycles. The summed E-state index contributed by atoms with van der Waals surface area (Å²) >= 11 is 2.84. The van der Waals surface area contributed by atoms with Crippen molar-refractivity contribution in [1.82, 2.24) is 10.2 Å². The van der Waals surface area contributed by atoms with Gasteiger partial charge in [-0.2, -0.15) is 0 Å². The average Bonchev–Trinajstić information content (AvgIpc) is 2.95. The number of hydrogen-bond acceptors (Lipinski definition) is 6. The molecule has 0 saturated carbocycles. The van der Waals surface area contributed by atoms with Crippen molar-refractivity contribution in [3.8, 4) is 0 Å². The number of amides is 1. The molecule has 5 nitrogen and oxygen atoms in total. The largest absolute Gasteiger partial charge is 0.357 e. The van der Waals surface area contributed by atoms with Crippen LogP contribution in [0.1, 0.15) is 23.6 Å². The van der Waals surface area contributed by atoms with E-state index in [1.54, 1.807) is 6.08 Å². The van der Waals surface area contributed by atoms with Gasteiger partial charge in [0.15, 0.2) is 4.34 Å². The van der Waals surface area contributed by atoms with Gasteiger partial charge in [-0.15, -0.1) is 16.8 Å². The number of hydrogen-bond donors (Lipinski definition) is 2. The summed E-state index contributed by atoms with van der Waals surface area (Å²) in [5.41, 5.74) is 4.23. The second-order valence-electron chi connectivity index (χ2n) is 5.57. The lowest BCUT2D eigenvalue weighted by molar-refractivity contribution is -0.115. The van der Waals surface area contributed by atoms with Gasteiger partial charge in [0, 0.05) is 12.2 Å². The van der Waals surface area contributed by atoms with E-state index in [4.69, 9.17) is 0 Å². The summed E-state index contributed by atoms with van der Waals surface area (Å²) in [7, 11) is 0. The first-order chi connectivity index (χ1) is 11.4. The zero-order chi connectivity index (χ0) is 17.7. The number of carbonyl (C=O) groups is 1. The van der Waals surface area contributed by atoms with E-state index in [0.717, 1.165) is 26.3 Å². The smallest absolute Gasteiger partial charge is 0.237 e. The topological polar surface area (TPSA) is 66.9 Å². The van der Waals surface area contributed by atoms with Crippen molar-refractivity contribution >= 4 is 39.8 Å². The highest BCUT2D eigenvalue weighted by atomic mass is 32.2. The van der Waals surface area contributed by atoms with Gasteiger partial charge in [-0.25, -0.2) is 0 Å². The highest BCUT2D eigenvalue weighted by Gasteiger charge is 2.18. The molecule has 0 aliphatic heterocycles. The lowest BCUT2D eigenvalue weighted by Crippen LogP contribution is -2.23. The van der Waals surface area contributed by atoms with Crippen LogP contribution in [-0.2, 0) is 4.79 Å². The van der Waals surface area contributed by atoms with Crippen LogP contribution in [0.15, 0.2) is 29.1 Å². The van der Waals surface area contributed by atoms with Crippen molar-refractivity contribution in [2.24, 2.45) is 0 Å². The molecule has 1 amide bonds. The van der Waals surface area contributed by atoms with Crippen molar-refractivity contribution in [3.63, 3.8) is 0 Å². The minimum Gasteiger partial charge on any atom is -0.357 e. The van der Waals surface area contributed by atoms with Crippen molar-refractivity contribution in [2.45, 2.75) is 37.3 Å². The number of anilines is 2. The molecule has 2 aromatic rings. The van der Waals surface area contributed by atoms with E-state index < -0.39 is 0 Å². The van der Waals surface area contributed by atoms with Gasteiger partial charge in [0.25, 0.3) is 0 Å². The number of nitrogens with one attached hydrogen (secondary N) is 2. The average molecular weight is 363 g/mol. The van der Waals surface area contributed by atoms with Crippen LogP contribution < -0.4 is 10.6 Å². The standard InChI is InChI=1S/C17H22N4OS2/c1-6-7-18-16-20-21-17(24-16)23-13(5)15(22)19-14-11(3)8-10(2)9-12(14)4/h6,8-9,13H,1,7H2,2-5H3,(H,18,20)(H,19,22)/t13-/m1/s1. The number of aryl methyl sites for hydroxylation is 3. The Kier molecular flexibility index (Phi) is 6.39. The van der Waals surface area contributed by atoms with E-state index >= 15 is 0 Å². The molecule has 0 saturated heterocycles. The summed E-state index contributed by atoms with van der Waals surface area (Å²) in [5.74, 6) is -0.0362. The van der Waals surface area contributed by atoms with E-state index in [-0.39, 0.29) is 11.2 Å². The Morgan fingerprint density at radius 3 is 2.62 bits per heavy atom. The van der Waals surface area contributed by atoms with Gasteiger partial charge in [0.1, 0.15) is 0 Å². The van der Waals surface area contributed by atoms with E-state index in [9.17, 15) is 4.79 Å². The van der Waals surface area contributed by atoms with E-state index in [1.165, 1.54) is 28.7 Å². The van der Waals surface area contributed by atoms with Gasteiger partial charge in [0.05, 0.1) is 5.25 Å². The number of aromatic nitrogens is 2. The molecule has 24 heavy (non-hydrogen) atoms. The maximum Gasteiger partial charge on any atom is 0.237 e. The molecule has 2 rings (SSSR count). The molecule has 2 N–H and O–H groups in total. The molecule has 0 bridgehead atoms. The van der Waals surface area contributed by atoms with Crippen molar-refractivity contribution in [1.29, 1.82) is 0 Å². The molecule has 0 radical (unpaired) electrons. The molecular weight excluding hydrogens is 340 g/mol. The van der Waals surface area contributed by atoms with Crippen LogP contribution in [0.25, 0.3) is 0 Å². The van der Waals surface area contributed by atoms with E-state index in [1.807, 2.05) is 20.8 Å². The van der Waals surface area contributed by atoms with Gasteiger partial charge in [-0.1, -0.05) is 46.9 Å². The highest BCUT2D eigenvalue weighted by Crippen LogP contribution is 2.30. The minimum atomic E-state index is -0.259. The summed E-state index contributed by atoms with van der Waals surface area (Å²) in [4.78, 5) is 12.5. The van der Waals surface area contributed by atoms with Gasteiger partial charge in [-0.3, -0.25) is 4.79 Å². The van der Waals surface area contributed by atoms with E-state index in [0.29, 0.717) is 6.54 Å². The quantitative estimate of drug-likeness (QED) is 0.571. The Bertz CT molecular complexity index is 719. The molecule has 1 aromatic carbocycles. The lowest BCUT2D eigenvalue weighted by atomic mass is 10.1. The predicted molar refractivity (Wildman–Crippen MR) is 103 cm³/mol. The third-order valence-corrected chi connectivity index (χ3v) is 5.44. The maximum absolute atomic E-state index is 12.5. The summed E-state index contributed by atoms with van der Waals surface area (Å²) < 4.78 is 0.765. The molecule has 1 atom stereocenters. The summed E-state index contributed by atoms with van der Waals surface area (Å²) in [6, 6.07) is 4.14. The molecule has 7 heteroatoms. The first-order valence-corrected chi connectivity index (χ1v) is 9.34. The Morgan fingerprint density at radius 2 is 2.00 bits per heavy atom. The maximum atomic E-state index is 12.5. The monoisotopic (exact) mass is 362 g/mol. The first-order valence-electron chi connectivity index (χ1n) is 7.64. The van der Waals surface area contributed by atoms with Crippen LogP contribution in [0.3, 0.4) is 0 Å². The predicted octanol–water partition coefficient (Wildman–Crippen LogP) is 4.18. The van der Waals surface area contributed by atoms with Crippen molar-refractivity contribution in [2.75, 3.05) is 17.2 Å². The molecule has 0 aliphatic carbocycles. The lowest BCUT2D eigenvalue weighted by Gasteiger charge is -2.15. The number of benzene rings is 1. The third kappa shape index (κ3) is 4.82. The molecule has 1 aromatic heterocycles. The highest BCUT2D eigenvalue weighted by molar-refractivity contribution is 8.02. The number of carbonyl (C=O) groups excluding carboxylic acids is 1.